The van der Waals surface area contributed by atoms with Gasteiger partial charge in [0.15, 0.2) is 0 Å². The molecule has 0 radical (unpaired) electrons. The van der Waals surface area contributed by atoms with Crippen molar-refractivity contribution < 1.29 is 4.79 Å². The van der Waals surface area contributed by atoms with Crippen LogP contribution in [0.5, 0.6) is 0 Å². The van der Waals surface area contributed by atoms with E-state index in [1.165, 1.54) is 0 Å². The molecule has 5 heteroatoms. The Morgan fingerprint density at radius 1 is 1.08 bits per heavy atom. The van der Waals surface area contributed by atoms with Crippen LogP contribution < -0.4 is 5.32 Å². The summed E-state index contributed by atoms with van der Waals surface area (Å²) >= 11 is 0. The summed E-state index contributed by atoms with van der Waals surface area (Å²) in [6, 6.07) is 17.8. The van der Waals surface area contributed by atoms with Crippen molar-refractivity contribution in [2.45, 2.75) is 19.9 Å². The highest BCUT2D eigenvalue weighted by Crippen LogP contribution is 2.18. The molecule has 2 aromatic carbocycles. The molecule has 124 valence electrons. The number of carbonyl (C=O) groups excluding carboxylic acids is 1. The fourth-order valence-corrected chi connectivity index (χ4v) is 3.05. The Labute approximate surface area is 145 Å². The fraction of sp³-hybridized carbons (Fsp3) is 0.150. The number of nitrogens with zero attached hydrogens (tertiary/aromatic N) is 3. The highest BCUT2D eigenvalue weighted by molar-refractivity contribution is 5.93. The number of hydrogen-bond acceptors (Lipinski definition) is 3. The van der Waals surface area contributed by atoms with Gasteiger partial charge in [0.05, 0.1) is 28.4 Å². The lowest BCUT2D eigenvalue weighted by molar-refractivity contribution is -0.116. The van der Waals surface area contributed by atoms with Gasteiger partial charge in [0.2, 0.25) is 5.91 Å². The maximum atomic E-state index is 12.3. The standard InChI is InChI=1S/C20H18N4O/c1-14-22-18-8-4-5-9-19(18)24(14)11-10-20(25)23-16-12-15-6-2-3-7-17(15)21-13-16/h2-9,12-13H,10-11H2,1H3,(H,23,25). The van der Waals surface area contributed by atoms with Crippen LogP contribution in [0.25, 0.3) is 21.9 Å². The van der Waals surface area contributed by atoms with Crippen LogP contribution in [-0.4, -0.2) is 20.4 Å². The molecule has 0 aliphatic heterocycles. The van der Waals surface area contributed by atoms with Gasteiger partial charge in [-0.1, -0.05) is 30.3 Å². The molecule has 4 rings (SSSR count). The van der Waals surface area contributed by atoms with Crippen LogP contribution >= 0.6 is 0 Å². The van der Waals surface area contributed by atoms with Crippen molar-refractivity contribution in [2.75, 3.05) is 5.32 Å². The molecule has 0 saturated carbocycles. The molecule has 0 unspecified atom stereocenters. The summed E-state index contributed by atoms with van der Waals surface area (Å²) in [5.41, 5.74) is 3.65. The molecule has 0 fully saturated rings. The summed E-state index contributed by atoms with van der Waals surface area (Å²) in [6.07, 6.45) is 2.08. The zero-order valence-electron chi connectivity index (χ0n) is 13.9. The van der Waals surface area contributed by atoms with Crippen molar-refractivity contribution in [1.29, 1.82) is 0 Å². The van der Waals surface area contributed by atoms with Crippen molar-refractivity contribution in [3.63, 3.8) is 0 Å². The monoisotopic (exact) mass is 330 g/mol. The van der Waals surface area contributed by atoms with Gasteiger partial charge in [-0.15, -0.1) is 0 Å². The molecule has 0 saturated heterocycles. The number of fused-ring (bicyclic) bond motifs is 2. The molecular formula is C20H18N4O. The number of para-hydroxylation sites is 3. The fourth-order valence-electron chi connectivity index (χ4n) is 3.05. The van der Waals surface area contributed by atoms with Crippen LogP contribution in [0.3, 0.4) is 0 Å². The van der Waals surface area contributed by atoms with Crippen LogP contribution in [0, 0.1) is 6.92 Å². The molecule has 0 atom stereocenters. The van der Waals surface area contributed by atoms with E-state index in [0.717, 1.165) is 33.4 Å². The number of benzene rings is 2. The molecule has 1 amide bonds. The van der Waals surface area contributed by atoms with E-state index < -0.39 is 0 Å². The van der Waals surface area contributed by atoms with E-state index in [-0.39, 0.29) is 5.91 Å². The molecule has 0 aliphatic rings. The average Bonchev–Trinajstić information content (AvgIpc) is 2.95. The Hall–Kier alpha value is -3.21. The lowest BCUT2D eigenvalue weighted by Crippen LogP contribution is -2.15. The molecule has 0 bridgehead atoms. The Morgan fingerprint density at radius 2 is 1.84 bits per heavy atom. The van der Waals surface area contributed by atoms with Gasteiger partial charge in [0.25, 0.3) is 0 Å². The largest absolute Gasteiger partial charge is 0.328 e. The molecule has 0 spiro atoms. The maximum Gasteiger partial charge on any atom is 0.226 e. The third-order valence-corrected chi connectivity index (χ3v) is 4.28. The summed E-state index contributed by atoms with van der Waals surface area (Å²) < 4.78 is 2.08. The van der Waals surface area contributed by atoms with E-state index in [9.17, 15) is 4.79 Å². The minimum atomic E-state index is -0.0331. The minimum absolute atomic E-state index is 0.0331. The molecular weight excluding hydrogens is 312 g/mol. The number of nitrogens with one attached hydrogen (secondary N) is 1. The Balaban J connectivity index is 1.47. The zero-order chi connectivity index (χ0) is 17.2. The molecule has 1 N–H and O–H groups in total. The number of aryl methyl sites for hydroxylation is 2. The Morgan fingerprint density at radius 3 is 2.72 bits per heavy atom. The van der Waals surface area contributed by atoms with Gasteiger partial charge in [-0.25, -0.2) is 4.98 Å². The molecule has 25 heavy (non-hydrogen) atoms. The van der Waals surface area contributed by atoms with E-state index in [1.807, 2.05) is 61.5 Å². The van der Waals surface area contributed by atoms with E-state index in [1.54, 1.807) is 6.20 Å². The first kappa shape index (κ1) is 15.3. The van der Waals surface area contributed by atoms with Crippen LogP contribution in [0.15, 0.2) is 60.8 Å². The molecule has 2 heterocycles. The van der Waals surface area contributed by atoms with Gasteiger partial charge in [-0.3, -0.25) is 9.78 Å². The highest BCUT2D eigenvalue weighted by atomic mass is 16.1. The van der Waals surface area contributed by atoms with Crippen LogP contribution in [0.4, 0.5) is 5.69 Å². The first-order valence-corrected chi connectivity index (χ1v) is 8.27. The van der Waals surface area contributed by atoms with E-state index in [2.05, 4.69) is 19.9 Å². The van der Waals surface area contributed by atoms with Crippen LogP contribution in [0.1, 0.15) is 12.2 Å². The number of rotatable bonds is 4. The van der Waals surface area contributed by atoms with E-state index in [0.29, 0.717) is 13.0 Å². The SMILES string of the molecule is Cc1nc2ccccc2n1CCC(=O)Nc1cnc2ccccc2c1. The lowest BCUT2D eigenvalue weighted by Gasteiger charge is -2.08. The van der Waals surface area contributed by atoms with Crippen molar-refractivity contribution in [1.82, 2.24) is 14.5 Å². The van der Waals surface area contributed by atoms with Crippen molar-refractivity contribution in [3.05, 3.63) is 66.6 Å². The number of carbonyl (C=O) groups is 1. The first-order chi connectivity index (χ1) is 12.2. The predicted octanol–water partition coefficient (Wildman–Crippen LogP) is 3.92. The molecule has 4 aromatic rings. The van der Waals surface area contributed by atoms with Crippen LogP contribution in [-0.2, 0) is 11.3 Å². The summed E-state index contributed by atoms with van der Waals surface area (Å²) in [5, 5.41) is 3.94. The topological polar surface area (TPSA) is 59.8 Å². The second kappa shape index (κ2) is 6.36. The second-order valence-corrected chi connectivity index (χ2v) is 6.01. The number of imidazole rings is 1. The van der Waals surface area contributed by atoms with Gasteiger partial charge < -0.3 is 9.88 Å². The minimum Gasteiger partial charge on any atom is -0.328 e. The third kappa shape index (κ3) is 3.08. The number of pyridine rings is 1. The highest BCUT2D eigenvalue weighted by Gasteiger charge is 2.09. The normalized spacial score (nSPS) is 11.1. The van der Waals surface area contributed by atoms with Crippen LogP contribution in [0.2, 0.25) is 0 Å². The average molecular weight is 330 g/mol. The van der Waals surface area contributed by atoms with Gasteiger partial charge in [0.1, 0.15) is 5.82 Å². The summed E-state index contributed by atoms with van der Waals surface area (Å²) in [7, 11) is 0. The molecule has 2 aromatic heterocycles. The van der Waals surface area contributed by atoms with Crippen molar-refractivity contribution >= 4 is 33.5 Å². The quantitative estimate of drug-likeness (QED) is 0.617. The number of aromatic nitrogens is 3. The van der Waals surface area contributed by atoms with Crippen molar-refractivity contribution in [3.8, 4) is 0 Å². The lowest BCUT2D eigenvalue weighted by atomic mass is 10.2. The molecule has 5 nitrogen and oxygen atoms in total. The van der Waals surface area contributed by atoms with Gasteiger partial charge >= 0.3 is 0 Å². The number of amides is 1. The van der Waals surface area contributed by atoms with E-state index >= 15 is 0 Å². The summed E-state index contributed by atoms with van der Waals surface area (Å²) in [5.74, 6) is 0.885. The second-order valence-electron chi connectivity index (χ2n) is 6.01. The smallest absolute Gasteiger partial charge is 0.226 e. The number of hydrogen-bond donors (Lipinski definition) is 1. The van der Waals surface area contributed by atoms with Crippen molar-refractivity contribution in [2.24, 2.45) is 0 Å². The Kier molecular flexibility index (Phi) is 3.90. The summed E-state index contributed by atoms with van der Waals surface area (Å²) in [4.78, 5) is 21.2. The maximum absolute atomic E-state index is 12.3. The number of anilines is 1. The third-order valence-electron chi connectivity index (χ3n) is 4.28. The van der Waals surface area contributed by atoms with Gasteiger partial charge in [0, 0.05) is 18.4 Å². The van der Waals surface area contributed by atoms with Gasteiger partial charge in [-0.2, -0.15) is 0 Å². The Bertz CT molecular complexity index is 1070. The van der Waals surface area contributed by atoms with E-state index in [4.69, 9.17) is 0 Å². The predicted molar refractivity (Wildman–Crippen MR) is 99.5 cm³/mol. The van der Waals surface area contributed by atoms with Gasteiger partial charge in [-0.05, 0) is 31.2 Å². The summed E-state index contributed by atoms with van der Waals surface area (Å²) in [6.45, 7) is 2.56. The molecule has 0 aliphatic carbocycles. The zero-order valence-corrected chi connectivity index (χ0v) is 13.9. The first-order valence-electron chi connectivity index (χ1n) is 8.27.